The zero-order chi connectivity index (χ0) is 44.3. The van der Waals surface area contributed by atoms with Crippen molar-refractivity contribution in [1.82, 2.24) is 0 Å². The van der Waals surface area contributed by atoms with E-state index in [1.54, 1.807) is 0 Å². The Morgan fingerprint density at radius 3 is 1.61 bits per heavy atom. The molecule has 0 bridgehead atoms. The molecule has 0 saturated heterocycles. The van der Waals surface area contributed by atoms with Gasteiger partial charge in [-0.05, 0) is 132 Å². The fraction of sp³-hybridized carbons (Fsp3) is 0.0154. The van der Waals surface area contributed by atoms with E-state index in [-0.39, 0.29) is 0 Å². The minimum Gasteiger partial charge on any atom is -0.456 e. The van der Waals surface area contributed by atoms with Crippen LogP contribution in [0.1, 0.15) is 22.3 Å². The summed E-state index contributed by atoms with van der Waals surface area (Å²) in [5, 5.41) is 4.77. The summed E-state index contributed by atoms with van der Waals surface area (Å²) in [6.45, 7) is 0. The van der Waals surface area contributed by atoms with Crippen molar-refractivity contribution in [3.8, 4) is 44.5 Å². The third kappa shape index (κ3) is 6.26. The molecule has 0 spiro atoms. The van der Waals surface area contributed by atoms with Crippen molar-refractivity contribution in [2.75, 3.05) is 4.90 Å². The van der Waals surface area contributed by atoms with Crippen molar-refractivity contribution in [2.24, 2.45) is 0 Å². The van der Waals surface area contributed by atoms with E-state index in [4.69, 9.17) is 4.42 Å². The minimum atomic E-state index is -0.523. The molecule has 314 valence electrons. The number of furan rings is 1. The molecule has 1 heterocycles. The van der Waals surface area contributed by atoms with Crippen LogP contribution in [0.3, 0.4) is 0 Å². The van der Waals surface area contributed by atoms with Crippen LogP contribution in [-0.2, 0) is 5.41 Å². The van der Waals surface area contributed by atoms with Gasteiger partial charge in [0, 0.05) is 27.8 Å². The summed E-state index contributed by atoms with van der Waals surface area (Å²) in [5.74, 6) is 0. The Hall–Kier alpha value is -8.72. The highest BCUT2D eigenvalue weighted by Crippen LogP contribution is 2.57. The van der Waals surface area contributed by atoms with Crippen molar-refractivity contribution in [3.05, 3.63) is 283 Å². The third-order valence-electron chi connectivity index (χ3n) is 14.0. The number of rotatable bonds is 8. The Bertz CT molecular complexity index is 3750. The zero-order valence-electron chi connectivity index (χ0n) is 36.7. The van der Waals surface area contributed by atoms with Gasteiger partial charge in [0.1, 0.15) is 11.2 Å². The second-order valence-corrected chi connectivity index (χ2v) is 17.6. The molecule has 13 rings (SSSR count). The molecule has 67 heavy (non-hydrogen) atoms. The van der Waals surface area contributed by atoms with Crippen LogP contribution in [0, 0.1) is 0 Å². The molecule has 1 aliphatic rings. The van der Waals surface area contributed by atoms with Crippen LogP contribution in [0.5, 0.6) is 0 Å². The van der Waals surface area contributed by atoms with Crippen LogP contribution < -0.4 is 4.90 Å². The maximum absolute atomic E-state index is 6.31. The van der Waals surface area contributed by atoms with Gasteiger partial charge in [-0.25, -0.2) is 0 Å². The molecule has 0 N–H and O–H groups in total. The smallest absolute Gasteiger partial charge is 0.136 e. The first-order valence-electron chi connectivity index (χ1n) is 23.1. The average Bonchev–Trinajstić information content (AvgIpc) is 3.93. The highest BCUT2D eigenvalue weighted by atomic mass is 16.3. The van der Waals surface area contributed by atoms with Gasteiger partial charge in [0.2, 0.25) is 0 Å². The molecule has 11 aromatic carbocycles. The van der Waals surface area contributed by atoms with Crippen LogP contribution in [-0.4, -0.2) is 0 Å². The predicted octanol–water partition coefficient (Wildman–Crippen LogP) is 17.6. The van der Waals surface area contributed by atoms with Gasteiger partial charge >= 0.3 is 0 Å². The number of para-hydroxylation sites is 1. The lowest BCUT2D eigenvalue weighted by atomic mass is 9.67. The van der Waals surface area contributed by atoms with Gasteiger partial charge in [0.05, 0.1) is 5.41 Å². The Morgan fingerprint density at radius 1 is 0.299 bits per heavy atom. The van der Waals surface area contributed by atoms with E-state index in [0.717, 1.165) is 55.7 Å². The van der Waals surface area contributed by atoms with Gasteiger partial charge in [-0.15, -0.1) is 0 Å². The summed E-state index contributed by atoms with van der Waals surface area (Å²) < 4.78 is 6.31. The van der Waals surface area contributed by atoms with Gasteiger partial charge in [-0.3, -0.25) is 0 Å². The van der Waals surface area contributed by atoms with Gasteiger partial charge in [0.15, 0.2) is 0 Å². The highest BCUT2D eigenvalue weighted by molar-refractivity contribution is 6.12. The summed E-state index contributed by atoms with van der Waals surface area (Å²) in [5.41, 5.74) is 19.2. The summed E-state index contributed by atoms with van der Waals surface area (Å²) in [6.07, 6.45) is 0. The molecule has 0 radical (unpaired) electrons. The first-order chi connectivity index (χ1) is 33.2. The second kappa shape index (κ2) is 15.8. The van der Waals surface area contributed by atoms with E-state index in [1.807, 2.05) is 12.1 Å². The lowest BCUT2D eigenvalue weighted by Gasteiger charge is -2.35. The molecular formula is C65H43NO. The quantitative estimate of drug-likeness (QED) is 0.151. The molecule has 0 aliphatic heterocycles. The van der Waals surface area contributed by atoms with Crippen molar-refractivity contribution >= 4 is 49.8 Å². The number of anilines is 3. The van der Waals surface area contributed by atoms with Crippen LogP contribution >= 0.6 is 0 Å². The molecule has 0 unspecified atom stereocenters. The van der Waals surface area contributed by atoms with Crippen LogP contribution in [0.2, 0.25) is 0 Å². The topological polar surface area (TPSA) is 16.4 Å². The summed E-state index contributed by atoms with van der Waals surface area (Å²) in [6, 6.07) is 95.1. The summed E-state index contributed by atoms with van der Waals surface area (Å²) in [4.78, 5) is 2.41. The van der Waals surface area contributed by atoms with Crippen LogP contribution in [0.25, 0.3) is 77.2 Å². The molecule has 2 heteroatoms. The normalized spacial score (nSPS) is 12.6. The molecular weight excluding hydrogens is 811 g/mol. The second-order valence-electron chi connectivity index (χ2n) is 17.6. The van der Waals surface area contributed by atoms with Gasteiger partial charge < -0.3 is 9.32 Å². The van der Waals surface area contributed by atoms with E-state index in [0.29, 0.717) is 0 Å². The molecule has 0 fully saturated rings. The average molecular weight is 854 g/mol. The standard InChI is InChI=1S/C65H43NO/c1-3-20-49(21-4-1)65(50-22-5-2-6-23-50)60-29-11-9-25-57(60)58-41-40-53(43-61(58)65)66(52-38-34-46(35-39-52)56-28-15-31-63-64(56)59-26-10-12-30-62(59)67-63)51-36-32-44(33-37-51)47-18-13-19-48(42-47)55-27-14-17-45-16-7-8-24-54(45)55/h1-43H. The van der Waals surface area contributed by atoms with Crippen molar-refractivity contribution in [3.63, 3.8) is 0 Å². The molecule has 0 saturated carbocycles. The molecule has 2 nitrogen and oxygen atoms in total. The fourth-order valence-corrected chi connectivity index (χ4v) is 11.0. The predicted molar refractivity (Wildman–Crippen MR) is 280 cm³/mol. The Balaban J connectivity index is 0.970. The minimum absolute atomic E-state index is 0.523. The lowest BCUT2D eigenvalue weighted by molar-refractivity contribution is 0.669. The number of nitrogens with zero attached hydrogens (tertiary/aromatic N) is 1. The van der Waals surface area contributed by atoms with E-state index >= 15 is 0 Å². The molecule has 0 atom stereocenters. The van der Waals surface area contributed by atoms with Crippen molar-refractivity contribution in [2.45, 2.75) is 5.41 Å². The number of fused-ring (bicyclic) bond motifs is 7. The van der Waals surface area contributed by atoms with Crippen molar-refractivity contribution < 1.29 is 4.42 Å². The number of hydrogen-bond acceptors (Lipinski definition) is 2. The SMILES string of the molecule is c1ccc(C2(c3ccccc3)c3ccccc3-c3ccc(N(c4ccc(-c5cccc(-c6cccc7ccccc67)c5)cc4)c4ccc(-c5cccc6oc7ccccc7c56)cc4)cc32)cc1. The first kappa shape index (κ1) is 38.7. The van der Waals surface area contributed by atoms with Gasteiger partial charge in [0.25, 0.3) is 0 Å². The lowest BCUT2D eigenvalue weighted by Crippen LogP contribution is -2.28. The molecule has 12 aromatic rings. The fourth-order valence-electron chi connectivity index (χ4n) is 11.0. The van der Waals surface area contributed by atoms with E-state index in [2.05, 4.69) is 254 Å². The Kier molecular flexibility index (Phi) is 9.11. The van der Waals surface area contributed by atoms with Crippen LogP contribution in [0.15, 0.2) is 265 Å². The largest absolute Gasteiger partial charge is 0.456 e. The highest BCUT2D eigenvalue weighted by Gasteiger charge is 2.46. The third-order valence-corrected chi connectivity index (χ3v) is 14.0. The van der Waals surface area contributed by atoms with E-state index in [9.17, 15) is 0 Å². The first-order valence-corrected chi connectivity index (χ1v) is 23.1. The molecule has 1 aromatic heterocycles. The van der Waals surface area contributed by atoms with Crippen molar-refractivity contribution in [1.29, 1.82) is 0 Å². The zero-order valence-corrected chi connectivity index (χ0v) is 36.7. The summed E-state index contributed by atoms with van der Waals surface area (Å²) >= 11 is 0. The Labute approximate surface area is 390 Å². The maximum Gasteiger partial charge on any atom is 0.136 e. The van der Waals surface area contributed by atoms with Gasteiger partial charge in [-0.1, -0.05) is 206 Å². The summed E-state index contributed by atoms with van der Waals surface area (Å²) in [7, 11) is 0. The van der Waals surface area contributed by atoms with Gasteiger partial charge in [-0.2, -0.15) is 0 Å². The molecule has 1 aliphatic carbocycles. The maximum atomic E-state index is 6.31. The monoisotopic (exact) mass is 853 g/mol. The number of benzene rings is 11. The molecule has 0 amide bonds. The van der Waals surface area contributed by atoms with E-state index < -0.39 is 5.41 Å². The van der Waals surface area contributed by atoms with E-state index in [1.165, 1.54) is 60.8 Å². The van der Waals surface area contributed by atoms with Crippen LogP contribution in [0.4, 0.5) is 17.1 Å². The number of hydrogen-bond donors (Lipinski definition) is 0. The Morgan fingerprint density at radius 2 is 0.836 bits per heavy atom.